The zero-order valence-electron chi connectivity index (χ0n) is 16.8. The molecule has 1 heterocycles. The number of imide groups is 1. The van der Waals surface area contributed by atoms with Crippen LogP contribution in [0.4, 0.5) is 4.79 Å². The summed E-state index contributed by atoms with van der Waals surface area (Å²) in [5.74, 6) is 0.986. The predicted molar refractivity (Wildman–Crippen MR) is 107 cm³/mol. The smallest absolute Gasteiger partial charge is 0.346 e. The summed E-state index contributed by atoms with van der Waals surface area (Å²) in [4.78, 5) is 25.7. The van der Waals surface area contributed by atoms with E-state index in [2.05, 4.69) is 10.4 Å². The Morgan fingerprint density at radius 3 is 2.21 bits per heavy atom. The molecule has 3 amide bonds. The quantitative estimate of drug-likeness (QED) is 0.573. The Bertz CT molecular complexity index is 945. The number of carbonyl (C=O) groups is 2. The van der Waals surface area contributed by atoms with Crippen LogP contribution in [-0.4, -0.2) is 44.5 Å². The summed E-state index contributed by atoms with van der Waals surface area (Å²) in [6, 6.07) is 11.8. The van der Waals surface area contributed by atoms with Gasteiger partial charge < -0.3 is 19.5 Å². The first-order valence-electron chi connectivity index (χ1n) is 9.07. The number of amides is 3. The molecule has 0 saturated carbocycles. The number of carbonyl (C=O) groups excluding carboxylic acids is 2. The highest BCUT2D eigenvalue weighted by atomic mass is 16.5. The molecule has 1 aliphatic heterocycles. The van der Waals surface area contributed by atoms with E-state index >= 15 is 0 Å². The maximum atomic E-state index is 13.1. The summed E-state index contributed by atoms with van der Waals surface area (Å²) >= 11 is 0. The highest BCUT2D eigenvalue weighted by molar-refractivity contribution is 6.08. The van der Waals surface area contributed by atoms with Crippen molar-refractivity contribution >= 4 is 18.2 Å². The first-order chi connectivity index (χ1) is 14.0. The summed E-state index contributed by atoms with van der Waals surface area (Å²) < 4.78 is 15.9. The molecule has 1 atom stereocenters. The van der Waals surface area contributed by atoms with Gasteiger partial charge in [-0.3, -0.25) is 4.79 Å². The number of hydrogen-bond acceptors (Lipinski definition) is 6. The van der Waals surface area contributed by atoms with Crippen LogP contribution in [0.15, 0.2) is 47.6 Å². The van der Waals surface area contributed by atoms with Gasteiger partial charge in [0.15, 0.2) is 11.5 Å². The number of methoxy groups -OCH3 is 3. The standard InChI is InChI=1S/C21H23N3O5/c1-5-21(15-9-7-6-8-10-15)19(25)24(20(26)23-21)22-13-14-11-17(28-3)18(29-4)12-16(14)27-2/h6-13H,5H2,1-4H3,(H,23,26)/b22-13-/t21-/m1/s1. The third-order valence-electron chi connectivity index (χ3n) is 4.92. The van der Waals surface area contributed by atoms with Crippen molar-refractivity contribution in [1.29, 1.82) is 0 Å². The lowest BCUT2D eigenvalue weighted by atomic mass is 9.87. The van der Waals surface area contributed by atoms with Gasteiger partial charge in [-0.05, 0) is 18.1 Å². The first-order valence-corrected chi connectivity index (χ1v) is 9.07. The molecule has 152 valence electrons. The molecular weight excluding hydrogens is 374 g/mol. The molecule has 1 fully saturated rings. The summed E-state index contributed by atoms with van der Waals surface area (Å²) in [6.45, 7) is 1.84. The van der Waals surface area contributed by atoms with Crippen molar-refractivity contribution in [3.63, 3.8) is 0 Å². The van der Waals surface area contributed by atoms with Gasteiger partial charge in [0.25, 0.3) is 5.91 Å². The summed E-state index contributed by atoms with van der Waals surface area (Å²) in [7, 11) is 4.54. The van der Waals surface area contributed by atoms with Crippen molar-refractivity contribution < 1.29 is 23.8 Å². The van der Waals surface area contributed by atoms with E-state index in [1.165, 1.54) is 27.5 Å². The van der Waals surface area contributed by atoms with Gasteiger partial charge >= 0.3 is 6.03 Å². The van der Waals surface area contributed by atoms with Crippen LogP contribution in [0.25, 0.3) is 0 Å². The molecule has 2 aromatic rings. The second kappa shape index (κ2) is 8.22. The predicted octanol–water partition coefficient (Wildman–Crippen LogP) is 2.90. The van der Waals surface area contributed by atoms with E-state index in [1.54, 1.807) is 12.1 Å². The lowest BCUT2D eigenvalue weighted by Crippen LogP contribution is -2.43. The molecule has 1 aliphatic rings. The van der Waals surface area contributed by atoms with Crippen LogP contribution >= 0.6 is 0 Å². The summed E-state index contributed by atoms with van der Waals surface area (Å²) in [5, 5.41) is 7.76. The zero-order valence-corrected chi connectivity index (χ0v) is 16.8. The molecule has 1 saturated heterocycles. The molecule has 29 heavy (non-hydrogen) atoms. The van der Waals surface area contributed by atoms with E-state index in [0.717, 1.165) is 5.01 Å². The van der Waals surface area contributed by atoms with Crippen LogP contribution in [0, 0.1) is 0 Å². The largest absolute Gasteiger partial charge is 0.496 e. The maximum Gasteiger partial charge on any atom is 0.346 e. The number of nitrogens with zero attached hydrogens (tertiary/aromatic N) is 2. The molecular formula is C21H23N3O5. The van der Waals surface area contributed by atoms with E-state index in [1.807, 2.05) is 37.3 Å². The fourth-order valence-corrected chi connectivity index (χ4v) is 3.30. The van der Waals surface area contributed by atoms with Gasteiger partial charge in [-0.25, -0.2) is 4.79 Å². The monoisotopic (exact) mass is 397 g/mol. The fraction of sp³-hybridized carbons (Fsp3) is 0.286. The van der Waals surface area contributed by atoms with Crippen molar-refractivity contribution in [3.8, 4) is 17.2 Å². The number of nitrogens with one attached hydrogen (secondary N) is 1. The Labute approximate surface area is 169 Å². The molecule has 0 bridgehead atoms. The van der Waals surface area contributed by atoms with Crippen LogP contribution < -0.4 is 19.5 Å². The Morgan fingerprint density at radius 1 is 1.00 bits per heavy atom. The van der Waals surface area contributed by atoms with Crippen LogP contribution in [-0.2, 0) is 10.3 Å². The normalized spacial score (nSPS) is 18.8. The number of ether oxygens (including phenoxy) is 3. The minimum atomic E-state index is -1.14. The molecule has 8 heteroatoms. The van der Waals surface area contributed by atoms with Gasteiger partial charge in [-0.1, -0.05) is 37.3 Å². The molecule has 0 spiro atoms. The van der Waals surface area contributed by atoms with Crippen molar-refractivity contribution in [1.82, 2.24) is 10.3 Å². The van der Waals surface area contributed by atoms with Gasteiger partial charge in [0.1, 0.15) is 11.3 Å². The lowest BCUT2D eigenvalue weighted by molar-refractivity contribution is -0.131. The van der Waals surface area contributed by atoms with Crippen molar-refractivity contribution in [2.45, 2.75) is 18.9 Å². The molecule has 0 unspecified atom stereocenters. The topological polar surface area (TPSA) is 89.5 Å². The number of benzene rings is 2. The molecule has 3 rings (SSSR count). The molecule has 1 N–H and O–H groups in total. The average molecular weight is 397 g/mol. The van der Waals surface area contributed by atoms with Crippen LogP contribution in [0.1, 0.15) is 24.5 Å². The molecule has 0 radical (unpaired) electrons. The average Bonchev–Trinajstić information content (AvgIpc) is 3.02. The number of rotatable bonds is 7. The number of urea groups is 1. The van der Waals surface area contributed by atoms with Gasteiger partial charge in [-0.2, -0.15) is 5.10 Å². The molecule has 8 nitrogen and oxygen atoms in total. The Hall–Kier alpha value is -3.55. The minimum Gasteiger partial charge on any atom is -0.496 e. The second-order valence-corrected chi connectivity index (χ2v) is 6.37. The van der Waals surface area contributed by atoms with Crippen LogP contribution in [0.2, 0.25) is 0 Å². The molecule has 0 aromatic heterocycles. The molecule has 2 aromatic carbocycles. The third-order valence-corrected chi connectivity index (χ3v) is 4.92. The molecule has 0 aliphatic carbocycles. The highest BCUT2D eigenvalue weighted by Gasteiger charge is 2.51. The number of hydrogen-bond donors (Lipinski definition) is 1. The second-order valence-electron chi connectivity index (χ2n) is 6.37. The fourth-order valence-electron chi connectivity index (χ4n) is 3.30. The van der Waals surface area contributed by atoms with Gasteiger partial charge in [0, 0.05) is 11.6 Å². The first kappa shape index (κ1) is 20.2. The van der Waals surface area contributed by atoms with Gasteiger partial charge in [0.2, 0.25) is 0 Å². The minimum absolute atomic E-state index is 0.396. The highest BCUT2D eigenvalue weighted by Crippen LogP contribution is 2.35. The van der Waals surface area contributed by atoms with Gasteiger partial charge in [-0.15, -0.1) is 5.01 Å². The zero-order chi connectivity index (χ0) is 21.0. The summed E-state index contributed by atoms with van der Waals surface area (Å²) in [5.41, 5.74) is 0.0962. The SMILES string of the molecule is CC[C@]1(c2ccccc2)NC(=O)N(/N=C\c2cc(OC)c(OC)cc2OC)C1=O. The van der Waals surface area contributed by atoms with Crippen molar-refractivity contribution in [2.75, 3.05) is 21.3 Å². The Balaban J connectivity index is 1.96. The van der Waals surface area contributed by atoms with Crippen molar-refractivity contribution in [3.05, 3.63) is 53.6 Å². The summed E-state index contributed by atoms with van der Waals surface area (Å²) in [6.07, 6.45) is 1.78. The van der Waals surface area contributed by atoms with Crippen LogP contribution in [0.5, 0.6) is 17.2 Å². The van der Waals surface area contributed by atoms with E-state index in [-0.39, 0.29) is 0 Å². The Morgan fingerprint density at radius 2 is 1.62 bits per heavy atom. The maximum absolute atomic E-state index is 13.1. The Kier molecular flexibility index (Phi) is 5.72. The third kappa shape index (κ3) is 3.49. The van der Waals surface area contributed by atoms with Crippen molar-refractivity contribution in [2.24, 2.45) is 5.10 Å². The van der Waals surface area contributed by atoms with E-state index in [0.29, 0.717) is 34.8 Å². The lowest BCUT2D eigenvalue weighted by Gasteiger charge is -2.24. The van der Waals surface area contributed by atoms with E-state index in [9.17, 15) is 9.59 Å². The van der Waals surface area contributed by atoms with Gasteiger partial charge in [0.05, 0.1) is 27.5 Å². The van der Waals surface area contributed by atoms with E-state index < -0.39 is 17.5 Å². The number of hydrazone groups is 1. The van der Waals surface area contributed by atoms with Crippen LogP contribution in [0.3, 0.4) is 0 Å². The van der Waals surface area contributed by atoms with E-state index in [4.69, 9.17) is 14.2 Å².